The van der Waals surface area contributed by atoms with Crippen LogP contribution in [-0.2, 0) is 0 Å². The van der Waals surface area contributed by atoms with Gasteiger partial charge < -0.3 is 9.84 Å². The number of hydrogen-bond acceptors (Lipinski definition) is 3. The first-order valence-corrected chi connectivity index (χ1v) is 5.58. The Morgan fingerprint density at radius 1 is 1.47 bits per heavy atom. The molecule has 6 heteroatoms. The second-order valence-electron chi connectivity index (χ2n) is 3.44. The predicted molar refractivity (Wildman–Crippen MR) is 64.5 cm³/mol. The van der Waals surface area contributed by atoms with Gasteiger partial charge in [0.15, 0.2) is 0 Å². The highest BCUT2D eigenvalue weighted by atomic mass is 79.9. The van der Waals surface area contributed by atoms with Crippen molar-refractivity contribution >= 4 is 21.9 Å². The molecule has 0 unspecified atom stereocenters. The van der Waals surface area contributed by atoms with Crippen LogP contribution in [0.5, 0.6) is 11.6 Å². The molecule has 0 fully saturated rings. The Labute approximate surface area is 106 Å². The maximum absolute atomic E-state index is 10.8. The van der Waals surface area contributed by atoms with Gasteiger partial charge in [0.2, 0.25) is 5.88 Å². The Kier molecular flexibility index (Phi) is 3.14. The number of aromatic amines is 1. The average molecular weight is 297 g/mol. The van der Waals surface area contributed by atoms with Gasteiger partial charge in [-0.15, -0.1) is 5.10 Å². The predicted octanol–water partition coefficient (Wildman–Crippen LogP) is 2.97. The first-order chi connectivity index (χ1) is 8.06. The van der Waals surface area contributed by atoms with Crippen molar-refractivity contribution in [2.45, 2.75) is 6.92 Å². The van der Waals surface area contributed by atoms with E-state index in [1.165, 1.54) is 6.07 Å². The van der Waals surface area contributed by atoms with E-state index in [-0.39, 0.29) is 5.56 Å². The molecule has 1 aromatic carbocycles. The Morgan fingerprint density at radius 3 is 2.76 bits per heavy atom. The summed E-state index contributed by atoms with van der Waals surface area (Å²) in [7, 11) is 0. The number of H-pyrrole nitrogens is 1. The number of aryl methyl sites for hydroxylation is 1. The molecule has 2 N–H and O–H groups in total. The van der Waals surface area contributed by atoms with Crippen molar-refractivity contribution < 1.29 is 14.6 Å². The summed E-state index contributed by atoms with van der Waals surface area (Å²) in [5.41, 5.74) is 1.08. The van der Waals surface area contributed by atoms with Crippen molar-refractivity contribution in [1.82, 2.24) is 10.2 Å². The Morgan fingerprint density at radius 2 is 2.24 bits per heavy atom. The monoisotopic (exact) mass is 296 g/mol. The first-order valence-electron chi connectivity index (χ1n) is 4.79. The van der Waals surface area contributed by atoms with Crippen molar-refractivity contribution in [1.29, 1.82) is 0 Å². The van der Waals surface area contributed by atoms with Crippen LogP contribution in [0, 0.1) is 6.92 Å². The first kappa shape index (κ1) is 11.7. The molecule has 0 bridgehead atoms. The van der Waals surface area contributed by atoms with E-state index in [0.717, 1.165) is 5.69 Å². The van der Waals surface area contributed by atoms with E-state index >= 15 is 0 Å². The van der Waals surface area contributed by atoms with Crippen molar-refractivity contribution in [3.8, 4) is 11.6 Å². The van der Waals surface area contributed by atoms with E-state index in [0.29, 0.717) is 16.1 Å². The van der Waals surface area contributed by atoms with Crippen LogP contribution in [0.1, 0.15) is 16.1 Å². The summed E-state index contributed by atoms with van der Waals surface area (Å²) in [5, 5.41) is 15.5. The molecule has 0 aliphatic heterocycles. The molecular formula is C11H9BrN2O3. The second-order valence-corrected chi connectivity index (χ2v) is 4.29. The second kappa shape index (κ2) is 4.58. The molecule has 0 atom stereocenters. The quantitative estimate of drug-likeness (QED) is 0.913. The summed E-state index contributed by atoms with van der Waals surface area (Å²) >= 11 is 3.18. The summed E-state index contributed by atoms with van der Waals surface area (Å²) in [4.78, 5) is 10.8. The van der Waals surface area contributed by atoms with E-state index in [4.69, 9.17) is 9.84 Å². The van der Waals surface area contributed by atoms with Gasteiger partial charge in [-0.25, -0.2) is 4.79 Å². The van der Waals surface area contributed by atoms with Crippen LogP contribution in [0.3, 0.4) is 0 Å². The van der Waals surface area contributed by atoms with Crippen LogP contribution in [0.4, 0.5) is 0 Å². The molecule has 0 aliphatic carbocycles. The van der Waals surface area contributed by atoms with E-state index in [1.54, 1.807) is 18.2 Å². The topological polar surface area (TPSA) is 75.2 Å². The molecule has 2 aromatic rings. The average Bonchev–Trinajstić information content (AvgIpc) is 2.63. The molecule has 0 radical (unpaired) electrons. The molecule has 1 heterocycles. The van der Waals surface area contributed by atoms with Gasteiger partial charge in [0.1, 0.15) is 5.75 Å². The van der Waals surface area contributed by atoms with Gasteiger partial charge in [0.05, 0.1) is 5.56 Å². The number of aromatic carboxylic acids is 1. The zero-order valence-corrected chi connectivity index (χ0v) is 10.5. The van der Waals surface area contributed by atoms with Gasteiger partial charge in [-0.3, -0.25) is 5.10 Å². The molecule has 17 heavy (non-hydrogen) atoms. The lowest BCUT2D eigenvalue weighted by atomic mass is 10.2. The van der Waals surface area contributed by atoms with E-state index in [2.05, 4.69) is 26.1 Å². The number of carboxylic acids is 1. The normalized spacial score (nSPS) is 10.2. The lowest BCUT2D eigenvalue weighted by Gasteiger charge is -2.04. The number of carbonyl (C=O) groups is 1. The zero-order chi connectivity index (χ0) is 12.4. The Hall–Kier alpha value is -1.82. The number of nitrogens with zero attached hydrogens (tertiary/aromatic N) is 1. The number of benzene rings is 1. The summed E-state index contributed by atoms with van der Waals surface area (Å²) < 4.78 is 5.92. The van der Waals surface area contributed by atoms with Gasteiger partial charge in [-0.2, -0.15) is 0 Å². The third-order valence-electron chi connectivity index (χ3n) is 2.08. The fourth-order valence-electron chi connectivity index (χ4n) is 1.30. The Bertz CT molecular complexity index is 566. The highest BCUT2D eigenvalue weighted by molar-refractivity contribution is 9.10. The summed E-state index contributed by atoms with van der Waals surface area (Å²) in [6.45, 7) is 1.86. The summed E-state index contributed by atoms with van der Waals surface area (Å²) in [6, 6.07) is 6.39. The lowest BCUT2D eigenvalue weighted by Crippen LogP contribution is -1.97. The smallest absolute Gasteiger partial charge is 0.336 e. The molecule has 0 saturated heterocycles. The van der Waals surface area contributed by atoms with Crippen molar-refractivity contribution in [3.05, 3.63) is 40.0 Å². The zero-order valence-electron chi connectivity index (χ0n) is 8.90. The highest BCUT2D eigenvalue weighted by Gasteiger charge is 2.09. The van der Waals surface area contributed by atoms with Gasteiger partial charge in [0.25, 0.3) is 0 Å². The standard InChI is InChI=1S/C11H9BrN2O3/c1-6-4-10(14-13-6)17-7-2-3-8(11(15)16)9(12)5-7/h2-5H,1H3,(H,13,14)(H,15,16). The number of aromatic nitrogens is 2. The Balaban J connectivity index is 2.23. The van der Waals surface area contributed by atoms with Crippen molar-refractivity contribution in [2.75, 3.05) is 0 Å². The molecule has 0 amide bonds. The largest absolute Gasteiger partial charge is 0.478 e. The van der Waals surface area contributed by atoms with Gasteiger partial charge in [-0.1, -0.05) is 0 Å². The molecule has 2 rings (SSSR count). The lowest BCUT2D eigenvalue weighted by molar-refractivity contribution is 0.0696. The van der Waals surface area contributed by atoms with Crippen molar-refractivity contribution in [3.63, 3.8) is 0 Å². The number of carboxylic acid groups (broad SMARTS) is 1. The molecule has 0 aliphatic rings. The molecular weight excluding hydrogens is 288 g/mol. The van der Waals surface area contributed by atoms with Crippen LogP contribution in [-0.4, -0.2) is 21.3 Å². The van der Waals surface area contributed by atoms with Crippen molar-refractivity contribution in [2.24, 2.45) is 0 Å². The van der Waals surface area contributed by atoms with Crippen LogP contribution < -0.4 is 4.74 Å². The van der Waals surface area contributed by atoms with E-state index < -0.39 is 5.97 Å². The van der Waals surface area contributed by atoms with Gasteiger partial charge in [-0.05, 0) is 41.1 Å². The van der Waals surface area contributed by atoms with Gasteiger partial charge >= 0.3 is 5.97 Å². The molecule has 0 saturated carbocycles. The summed E-state index contributed by atoms with van der Waals surface area (Å²) in [6.07, 6.45) is 0. The number of halogens is 1. The maximum Gasteiger partial charge on any atom is 0.336 e. The maximum atomic E-state index is 10.8. The third-order valence-corrected chi connectivity index (χ3v) is 2.73. The van der Waals surface area contributed by atoms with Gasteiger partial charge in [0, 0.05) is 16.2 Å². The molecule has 88 valence electrons. The fraction of sp³-hybridized carbons (Fsp3) is 0.0909. The van der Waals surface area contributed by atoms with E-state index in [9.17, 15) is 4.79 Å². The molecule has 0 spiro atoms. The SMILES string of the molecule is Cc1cc(Oc2ccc(C(=O)O)c(Br)c2)n[nH]1. The number of ether oxygens (including phenoxy) is 1. The van der Waals surface area contributed by atoms with Crippen LogP contribution in [0.25, 0.3) is 0 Å². The van der Waals surface area contributed by atoms with Crippen LogP contribution >= 0.6 is 15.9 Å². The minimum atomic E-state index is -0.987. The summed E-state index contributed by atoms with van der Waals surface area (Å²) in [5.74, 6) is -0.0233. The van der Waals surface area contributed by atoms with Crippen LogP contribution in [0.15, 0.2) is 28.7 Å². The highest BCUT2D eigenvalue weighted by Crippen LogP contribution is 2.26. The molecule has 5 nitrogen and oxygen atoms in total. The fourth-order valence-corrected chi connectivity index (χ4v) is 1.83. The molecule has 1 aromatic heterocycles. The number of hydrogen-bond donors (Lipinski definition) is 2. The minimum absolute atomic E-state index is 0.190. The third kappa shape index (κ3) is 2.65. The van der Waals surface area contributed by atoms with E-state index in [1.807, 2.05) is 6.92 Å². The number of nitrogens with one attached hydrogen (secondary N) is 1. The minimum Gasteiger partial charge on any atom is -0.478 e. The number of rotatable bonds is 3. The van der Waals surface area contributed by atoms with Crippen LogP contribution in [0.2, 0.25) is 0 Å².